The van der Waals surface area contributed by atoms with Crippen LogP contribution in [0.15, 0.2) is 5.10 Å². The molecule has 0 heterocycles. The number of nitrogens with one attached hydrogen (secondary N) is 1. The Kier molecular flexibility index (Phi) is 7.12. The van der Waals surface area contributed by atoms with Crippen molar-refractivity contribution in [3.63, 3.8) is 0 Å². The molecule has 1 unspecified atom stereocenters. The average molecular weight is 257 g/mol. The van der Waals surface area contributed by atoms with Crippen LogP contribution in [0.5, 0.6) is 0 Å². The lowest BCUT2D eigenvalue weighted by molar-refractivity contribution is 0.123. The van der Waals surface area contributed by atoms with E-state index in [1.807, 2.05) is 0 Å². The number of thiocarbonyl (C=S) groups is 1. The van der Waals surface area contributed by atoms with Gasteiger partial charge in [0.1, 0.15) is 0 Å². The first-order chi connectivity index (χ1) is 8.24. The summed E-state index contributed by atoms with van der Waals surface area (Å²) in [6, 6.07) is 0. The van der Waals surface area contributed by atoms with Crippen LogP contribution in [0.2, 0.25) is 0 Å². The van der Waals surface area contributed by atoms with Gasteiger partial charge >= 0.3 is 0 Å². The van der Waals surface area contributed by atoms with Gasteiger partial charge in [0, 0.05) is 24.8 Å². The van der Waals surface area contributed by atoms with Gasteiger partial charge in [-0.1, -0.05) is 13.3 Å². The Labute approximate surface area is 109 Å². The molecule has 1 aliphatic carbocycles. The molecule has 0 aliphatic heterocycles. The van der Waals surface area contributed by atoms with Gasteiger partial charge in [-0.05, 0) is 44.3 Å². The second-order valence-electron chi connectivity index (χ2n) is 4.42. The van der Waals surface area contributed by atoms with E-state index in [1.165, 1.54) is 25.0 Å². The van der Waals surface area contributed by atoms with E-state index in [1.54, 1.807) is 0 Å². The predicted molar refractivity (Wildman–Crippen MR) is 75.0 cm³/mol. The van der Waals surface area contributed by atoms with E-state index < -0.39 is 0 Å². The van der Waals surface area contributed by atoms with E-state index in [2.05, 4.69) is 17.5 Å². The molecule has 0 aromatic carbocycles. The van der Waals surface area contributed by atoms with Crippen molar-refractivity contribution in [3.8, 4) is 0 Å². The highest BCUT2D eigenvalue weighted by molar-refractivity contribution is 7.80. The van der Waals surface area contributed by atoms with Gasteiger partial charge in [0.25, 0.3) is 0 Å². The van der Waals surface area contributed by atoms with Gasteiger partial charge in [0.15, 0.2) is 5.11 Å². The summed E-state index contributed by atoms with van der Waals surface area (Å²) in [5.74, 6) is 0.540. The van der Waals surface area contributed by atoms with Crippen molar-refractivity contribution in [3.05, 3.63) is 0 Å². The van der Waals surface area contributed by atoms with Gasteiger partial charge in [-0.25, -0.2) is 0 Å². The van der Waals surface area contributed by atoms with Crippen LogP contribution in [-0.4, -0.2) is 24.0 Å². The summed E-state index contributed by atoms with van der Waals surface area (Å²) in [4.78, 5) is 0. The fourth-order valence-corrected chi connectivity index (χ4v) is 2.11. The largest absolute Gasteiger partial charge is 0.381 e. The lowest BCUT2D eigenvalue weighted by Gasteiger charge is -2.11. The molecule has 5 heteroatoms. The number of nitrogens with two attached hydrogens (primary N) is 1. The van der Waals surface area contributed by atoms with Crippen molar-refractivity contribution < 1.29 is 4.74 Å². The average Bonchev–Trinajstić information content (AvgIpc) is 2.73. The van der Waals surface area contributed by atoms with Crippen molar-refractivity contribution in [2.45, 2.75) is 45.4 Å². The van der Waals surface area contributed by atoms with E-state index in [0.717, 1.165) is 32.5 Å². The third-order valence-corrected chi connectivity index (χ3v) is 3.11. The molecule has 0 aromatic rings. The first-order valence-corrected chi connectivity index (χ1v) is 6.84. The maximum atomic E-state index is 5.58. The molecule has 0 aromatic heterocycles. The van der Waals surface area contributed by atoms with Gasteiger partial charge in [-0.15, -0.1) is 0 Å². The van der Waals surface area contributed by atoms with E-state index >= 15 is 0 Å². The molecule has 17 heavy (non-hydrogen) atoms. The van der Waals surface area contributed by atoms with Crippen molar-refractivity contribution in [2.24, 2.45) is 16.8 Å². The van der Waals surface area contributed by atoms with Crippen LogP contribution in [0.4, 0.5) is 0 Å². The molecule has 0 bridgehead atoms. The smallest absolute Gasteiger partial charge is 0.184 e. The molecule has 0 spiro atoms. The maximum Gasteiger partial charge on any atom is 0.184 e. The molecule has 1 rings (SSSR count). The third-order valence-electron chi connectivity index (χ3n) is 3.02. The SMILES string of the molecule is CCCCOCCC1CCCC1=NNC(N)=S. The third kappa shape index (κ3) is 5.98. The first kappa shape index (κ1) is 14.4. The molecule has 1 aliphatic rings. The van der Waals surface area contributed by atoms with Crippen molar-refractivity contribution in [1.82, 2.24) is 5.43 Å². The van der Waals surface area contributed by atoms with E-state index in [4.69, 9.17) is 22.7 Å². The zero-order valence-corrected chi connectivity index (χ0v) is 11.4. The topological polar surface area (TPSA) is 59.6 Å². The standard InChI is InChI=1S/C12H23N3OS/c1-2-3-8-16-9-7-10-5-4-6-11(10)14-15-12(13)17/h10H,2-9H2,1H3,(H3,13,15,17). The van der Waals surface area contributed by atoms with Crippen LogP contribution in [0.1, 0.15) is 45.4 Å². The molecule has 1 fully saturated rings. The number of unbranched alkanes of at least 4 members (excludes halogenated alkanes) is 1. The molecule has 98 valence electrons. The minimum absolute atomic E-state index is 0.238. The fraction of sp³-hybridized carbons (Fsp3) is 0.833. The quantitative estimate of drug-likeness (QED) is 0.417. The second kappa shape index (κ2) is 8.42. The molecular weight excluding hydrogens is 234 g/mol. The Morgan fingerprint density at radius 3 is 3.12 bits per heavy atom. The van der Waals surface area contributed by atoms with Crippen LogP contribution >= 0.6 is 12.2 Å². The molecule has 4 nitrogen and oxygen atoms in total. The molecule has 3 N–H and O–H groups in total. The maximum absolute atomic E-state index is 5.58. The molecule has 1 atom stereocenters. The van der Waals surface area contributed by atoms with Crippen molar-refractivity contribution in [2.75, 3.05) is 13.2 Å². The van der Waals surface area contributed by atoms with E-state index in [0.29, 0.717) is 5.92 Å². The summed E-state index contributed by atoms with van der Waals surface area (Å²) < 4.78 is 5.58. The summed E-state index contributed by atoms with van der Waals surface area (Å²) in [6.07, 6.45) is 6.85. The highest BCUT2D eigenvalue weighted by Crippen LogP contribution is 2.25. The number of hydrogen-bond acceptors (Lipinski definition) is 3. The second-order valence-corrected chi connectivity index (χ2v) is 4.86. The Hall–Kier alpha value is -0.680. The normalized spacial score (nSPS) is 21.9. The number of nitrogens with zero attached hydrogens (tertiary/aromatic N) is 1. The zero-order valence-electron chi connectivity index (χ0n) is 10.6. The zero-order chi connectivity index (χ0) is 12.5. The fourth-order valence-electron chi connectivity index (χ4n) is 2.06. The van der Waals surface area contributed by atoms with Crippen LogP contribution in [0, 0.1) is 5.92 Å². The molecule has 0 saturated heterocycles. The Morgan fingerprint density at radius 2 is 2.41 bits per heavy atom. The number of hydrogen-bond donors (Lipinski definition) is 2. The highest BCUT2D eigenvalue weighted by atomic mass is 32.1. The molecule has 1 saturated carbocycles. The van der Waals surface area contributed by atoms with Gasteiger partial charge in [-0.2, -0.15) is 5.10 Å². The Balaban J connectivity index is 2.22. The number of rotatable bonds is 7. The summed E-state index contributed by atoms with van der Waals surface area (Å²) in [6.45, 7) is 3.88. The van der Waals surface area contributed by atoms with Gasteiger partial charge in [0.2, 0.25) is 0 Å². The summed E-state index contributed by atoms with van der Waals surface area (Å²) >= 11 is 4.74. The van der Waals surface area contributed by atoms with Crippen LogP contribution in [0.3, 0.4) is 0 Å². The van der Waals surface area contributed by atoms with Gasteiger partial charge in [0.05, 0.1) is 0 Å². The first-order valence-electron chi connectivity index (χ1n) is 6.43. The predicted octanol–water partition coefficient (Wildman–Crippen LogP) is 2.18. The molecular formula is C12H23N3OS. The lowest BCUT2D eigenvalue weighted by Crippen LogP contribution is -2.26. The minimum atomic E-state index is 0.238. The van der Waals surface area contributed by atoms with E-state index in [9.17, 15) is 0 Å². The van der Waals surface area contributed by atoms with Gasteiger partial charge < -0.3 is 10.5 Å². The van der Waals surface area contributed by atoms with Crippen molar-refractivity contribution >= 4 is 23.0 Å². The lowest BCUT2D eigenvalue weighted by atomic mass is 10.0. The Morgan fingerprint density at radius 1 is 1.59 bits per heavy atom. The number of hydrazone groups is 1. The summed E-state index contributed by atoms with van der Waals surface area (Å²) in [7, 11) is 0. The van der Waals surface area contributed by atoms with Gasteiger partial charge in [-0.3, -0.25) is 5.43 Å². The van der Waals surface area contributed by atoms with E-state index in [-0.39, 0.29) is 5.11 Å². The number of ether oxygens (including phenoxy) is 1. The van der Waals surface area contributed by atoms with Crippen LogP contribution in [-0.2, 0) is 4.74 Å². The monoisotopic (exact) mass is 257 g/mol. The molecule has 0 radical (unpaired) electrons. The van der Waals surface area contributed by atoms with Crippen molar-refractivity contribution in [1.29, 1.82) is 0 Å². The summed E-state index contributed by atoms with van der Waals surface area (Å²) in [5, 5.41) is 4.50. The van der Waals surface area contributed by atoms with Crippen LogP contribution in [0.25, 0.3) is 0 Å². The molecule has 0 amide bonds. The Bertz CT molecular complexity index is 268. The van der Waals surface area contributed by atoms with Crippen LogP contribution < -0.4 is 11.2 Å². The summed E-state index contributed by atoms with van der Waals surface area (Å²) in [5.41, 5.74) is 9.24. The minimum Gasteiger partial charge on any atom is -0.381 e. The highest BCUT2D eigenvalue weighted by Gasteiger charge is 2.22.